The smallest absolute Gasteiger partial charge is 0.242 e. The summed E-state index contributed by atoms with van der Waals surface area (Å²) in [5, 5.41) is 0.675. The Labute approximate surface area is 178 Å². The SMILES string of the molecule is Cc1cccc(CS(=O)(=O)c2cn(CC(=O)N3CCCCCC3)c3ccccc23)c1. The first-order chi connectivity index (χ1) is 14.4. The molecule has 0 bridgehead atoms. The van der Waals surface area contributed by atoms with Gasteiger partial charge in [0.1, 0.15) is 6.54 Å². The van der Waals surface area contributed by atoms with Crippen LogP contribution >= 0.6 is 0 Å². The van der Waals surface area contributed by atoms with E-state index in [1.165, 1.54) is 0 Å². The number of likely N-dealkylation sites (tertiary alicyclic amines) is 1. The predicted molar refractivity (Wildman–Crippen MR) is 119 cm³/mol. The van der Waals surface area contributed by atoms with Gasteiger partial charge in [-0.1, -0.05) is 60.9 Å². The Morgan fingerprint density at radius 1 is 0.967 bits per heavy atom. The number of nitrogens with zero attached hydrogens (tertiary/aromatic N) is 2. The summed E-state index contributed by atoms with van der Waals surface area (Å²) in [7, 11) is -3.55. The first-order valence-corrected chi connectivity index (χ1v) is 12.2. The fourth-order valence-corrected chi connectivity index (χ4v) is 5.83. The summed E-state index contributed by atoms with van der Waals surface area (Å²) in [4.78, 5) is 15.1. The fourth-order valence-electron chi connectivity index (χ4n) is 4.26. The van der Waals surface area contributed by atoms with Crippen LogP contribution in [0.1, 0.15) is 36.8 Å². The minimum Gasteiger partial charge on any atom is -0.341 e. The van der Waals surface area contributed by atoms with Gasteiger partial charge in [0.05, 0.1) is 10.6 Å². The minimum absolute atomic E-state index is 0.0528. The van der Waals surface area contributed by atoms with Crippen molar-refractivity contribution in [2.45, 2.75) is 49.8 Å². The molecule has 2 heterocycles. The normalized spacial score (nSPS) is 15.3. The van der Waals surface area contributed by atoms with E-state index >= 15 is 0 Å². The quantitative estimate of drug-likeness (QED) is 0.613. The highest BCUT2D eigenvalue weighted by molar-refractivity contribution is 7.90. The van der Waals surface area contributed by atoms with E-state index in [0.717, 1.165) is 55.4 Å². The van der Waals surface area contributed by atoms with Crippen LogP contribution in [0.4, 0.5) is 0 Å². The van der Waals surface area contributed by atoms with Crippen LogP contribution in [0.15, 0.2) is 59.6 Å². The molecule has 0 aliphatic carbocycles. The maximum absolute atomic E-state index is 13.3. The number of carbonyl (C=O) groups is 1. The Morgan fingerprint density at radius 2 is 1.70 bits per heavy atom. The van der Waals surface area contributed by atoms with Crippen LogP contribution < -0.4 is 0 Å². The van der Waals surface area contributed by atoms with Crippen molar-refractivity contribution in [3.63, 3.8) is 0 Å². The maximum atomic E-state index is 13.3. The van der Waals surface area contributed by atoms with Crippen molar-refractivity contribution in [1.82, 2.24) is 9.47 Å². The fraction of sp³-hybridized carbons (Fsp3) is 0.375. The topological polar surface area (TPSA) is 59.4 Å². The zero-order valence-corrected chi connectivity index (χ0v) is 18.2. The van der Waals surface area contributed by atoms with E-state index in [1.807, 2.05) is 60.4 Å². The van der Waals surface area contributed by atoms with Crippen molar-refractivity contribution in [2.24, 2.45) is 0 Å². The molecule has 1 aliphatic rings. The second-order valence-electron chi connectivity index (χ2n) is 8.18. The molecule has 158 valence electrons. The molecule has 5 nitrogen and oxygen atoms in total. The van der Waals surface area contributed by atoms with Crippen molar-refractivity contribution in [1.29, 1.82) is 0 Å². The highest BCUT2D eigenvalue weighted by Gasteiger charge is 2.23. The standard InChI is InChI=1S/C24H28N2O3S/c1-19-9-8-10-20(15-19)18-30(28,29)23-16-26(22-12-5-4-11-21(22)23)17-24(27)25-13-6-2-3-7-14-25/h4-5,8-12,15-16H,2-3,6-7,13-14,17-18H2,1H3. The van der Waals surface area contributed by atoms with Gasteiger partial charge in [0.25, 0.3) is 0 Å². The lowest BCUT2D eigenvalue weighted by atomic mass is 10.2. The number of benzene rings is 2. The van der Waals surface area contributed by atoms with Crippen molar-refractivity contribution < 1.29 is 13.2 Å². The van der Waals surface area contributed by atoms with Gasteiger partial charge in [-0.25, -0.2) is 8.42 Å². The van der Waals surface area contributed by atoms with Crippen LogP contribution in [-0.4, -0.2) is 36.9 Å². The lowest BCUT2D eigenvalue weighted by Crippen LogP contribution is -2.34. The first-order valence-electron chi connectivity index (χ1n) is 10.6. The Bertz CT molecular complexity index is 1160. The van der Waals surface area contributed by atoms with Crippen LogP contribution in [-0.2, 0) is 26.9 Å². The van der Waals surface area contributed by atoms with Gasteiger partial charge in [-0.05, 0) is 31.4 Å². The molecule has 0 unspecified atom stereocenters. The number of rotatable bonds is 5. The molecule has 0 spiro atoms. The van der Waals surface area contributed by atoms with Gasteiger partial charge in [-0.3, -0.25) is 4.79 Å². The van der Waals surface area contributed by atoms with E-state index in [9.17, 15) is 13.2 Å². The summed E-state index contributed by atoms with van der Waals surface area (Å²) in [6.07, 6.45) is 6.04. The third-order valence-electron chi connectivity index (χ3n) is 5.79. The van der Waals surface area contributed by atoms with E-state index in [-0.39, 0.29) is 18.2 Å². The predicted octanol–water partition coefficient (Wildman–Crippen LogP) is 4.33. The number of aromatic nitrogens is 1. The van der Waals surface area contributed by atoms with Gasteiger partial charge < -0.3 is 9.47 Å². The molecule has 4 rings (SSSR count). The number of hydrogen-bond acceptors (Lipinski definition) is 3. The zero-order chi connectivity index (χ0) is 21.1. The number of aryl methyl sites for hydroxylation is 1. The largest absolute Gasteiger partial charge is 0.341 e. The van der Waals surface area contributed by atoms with E-state index < -0.39 is 9.84 Å². The van der Waals surface area contributed by atoms with E-state index in [1.54, 1.807) is 10.8 Å². The Hall–Kier alpha value is -2.60. The second kappa shape index (κ2) is 8.64. The third kappa shape index (κ3) is 4.43. The minimum atomic E-state index is -3.55. The second-order valence-corrected chi connectivity index (χ2v) is 10.1. The lowest BCUT2D eigenvalue weighted by Gasteiger charge is -2.20. The molecule has 1 saturated heterocycles. The highest BCUT2D eigenvalue weighted by atomic mass is 32.2. The molecule has 6 heteroatoms. The highest BCUT2D eigenvalue weighted by Crippen LogP contribution is 2.28. The Kier molecular flexibility index (Phi) is 5.95. The van der Waals surface area contributed by atoms with Crippen molar-refractivity contribution in [3.05, 3.63) is 65.9 Å². The molecular weight excluding hydrogens is 396 g/mol. The van der Waals surface area contributed by atoms with Gasteiger partial charge >= 0.3 is 0 Å². The van der Waals surface area contributed by atoms with Crippen molar-refractivity contribution in [3.8, 4) is 0 Å². The van der Waals surface area contributed by atoms with Gasteiger partial charge in [0.2, 0.25) is 5.91 Å². The summed E-state index contributed by atoms with van der Waals surface area (Å²) >= 11 is 0. The zero-order valence-electron chi connectivity index (χ0n) is 17.4. The number of fused-ring (bicyclic) bond motifs is 1. The van der Waals surface area contributed by atoms with E-state index in [4.69, 9.17) is 0 Å². The van der Waals surface area contributed by atoms with E-state index in [2.05, 4.69) is 0 Å². The first kappa shape index (κ1) is 20.7. The Balaban J connectivity index is 1.65. The molecular formula is C24H28N2O3S. The van der Waals surface area contributed by atoms with Crippen LogP contribution in [0.25, 0.3) is 10.9 Å². The molecule has 0 atom stereocenters. The van der Waals surface area contributed by atoms with Crippen molar-refractivity contribution >= 4 is 26.6 Å². The molecule has 2 aromatic carbocycles. The third-order valence-corrected chi connectivity index (χ3v) is 7.50. The van der Waals surface area contributed by atoms with Gasteiger partial charge in [0.15, 0.2) is 9.84 Å². The molecule has 0 radical (unpaired) electrons. The summed E-state index contributed by atoms with van der Waals surface area (Å²) < 4.78 is 28.3. The molecule has 3 aromatic rings. The van der Waals surface area contributed by atoms with Crippen molar-refractivity contribution in [2.75, 3.05) is 13.1 Å². The summed E-state index contributed by atoms with van der Waals surface area (Å²) in [5.74, 6) is 0.00300. The maximum Gasteiger partial charge on any atom is 0.242 e. The van der Waals surface area contributed by atoms with Gasteiger partial charge in [-0.2, -0.15) is 0 Å². The lowest BCUT2D eigenvalue weighted by molar-refractivity contribution is -0.131. The summed E-state index contributed by atoms with van der Waals surface area (Å²) in [6, 6.07) is 15.0. The number of carbonyl (C=O) groups excluding carboxylic acids is 1. The van der Waals surface area contributed by atoms with Crippen LogP contribution in [0, 0.1) is 6.92 Å². The van der Waals surface area contributed by atoms with Gasteiger partial charge in [-0.15, -0.1) is 0 Å². The van der Waals surface area contributed by atoms with Gasteiger partial charge in [0, 0.05) is 30.2 Å². The molecule has 0 saturated carbocycles. The molecule has 30 heavy (non-hydrogen) atoms. The molecule has 0 N–H and O–H groups in total. The average molecular weight is 425 g/mol. The molecule has 1 amide bonds. The van der Waals surface area contributed by atoms with Crippen LogP contribution in [0.3, 0.4) is 0 Å². The van der Waals surface area contributed by atoms with Crippen LogP contribution in [0.2, 0.25) is 0 Å². The number of hydrogen-bond donors (Lipinski definition) is 0. The monoisotopic (exact) mass is 424 g/mol. The van der Waals surface area contributed by atoms with Crippen LogP contribution in [0.5, 0.6) is 0 Å². The molecule has 1 fully saturated rings. The average Bonchev–Trinajstić information content (AvgIpc) is 2.88. The Morgan fingerprint density at radius 3 is 2.43 bits per heavy atom. The van der Waals surface area contributed by atoms with E-state index in [0.29, 0.717) is 10.3 Å². The molecule has 1 aromatic heterocycles. The summed E-state index contributed by atoms with van der Waals surface area (Å²) in [5.41, 5.74) is 2.59. The number of sulfone groups is 1. The number of amides is 1. The molecule has 1 aliphatic heterocycles. The summed E-state index contributed by atoms with van der Waals surface area (Å²) in [6.45, 7) is 3.70. The number of para-hydroxylation sites is 1.